The van der Waals surface area contributed by atoms with Crippen LogP contribution in [0.15, 0.2) is 12.1 Å². The molecule has 0 heterocycles. The minimum atomic E-state index is 0.909. The van der Waals surface area contributed by atoms with E-state index in [9.17, 15) is 0 Å². The van der Waals surface area contributed by atoms with Gasteiger partial charge in [0.15, 0.2) is 0 Å². The summed E-state index contributed by atoms with van der Waals surface area (Å²) in [5, 5.41) is 0. The summed E-state index contributed by atoms with van der Waals surface area (Å²) in [5.74, 6) is 1.82. The van der Waals surface area contributed by atoms with Crippen LogP contribution in [0.2, 0.25) is 0 Å². The minimum absolute atomic E-state index is 0.909. The first-order valence-corrected chi connectivity index (χ1v) is 6.71. The van der Waals surface area contributed by atoms with E-state index in [1.54, 1.807) is 14.2 Å². The maximum absolute atomic E-state index is 5.35. The Morgan fingerprint density at radius 2 is 1.62 bits per heavy atom. The molecule has 0 aliphatic heterocycles. The van der Waals surface area contributed by atoms with Crippen LogP contribution in [-0.4, -0.2) is 14.2 Å². The molecule has 1 rings (SSSR count). The van der Waals surface area contributed by atoms with Gasteiger partial charge in [0.25, 0.3) is 0 Å². The molecule has 16 heavy (non-hydrogen) atoms. The van der Waals surface area contributed by atoms with Crippen molar-refractivity contribution in [2.45, 2.75) is 32.6 Å². The minimum Gasteiger partial charge on any atom is -0.495 e. The highest BCUT2D eigenvalue weighted by Crippen LogP contribution is 2.32. The zero-order valence-electron chi connectivity index (χ0n) is 10.2. The third kappa shape index (κ3) is 3.54. The maximum Gasteiger partial charge on any atom is 0.136 e. The molecule has 0 radical (unpaired) electrons. The lowest BCUT2D eigenvalue weighted by Crippen LogP contribution is -1.95. The molecule has 0 unspecified atom stereocenters. The number of hydrogen-bond donors (Lipinski definition) is 0. The molecule has 0 amide bonds. The van der Waals surface area contributed by atoms with E-state index >= 15 is 0 Å². The smallest absolute Gasteiger partial charge is 0.136 e. The van der Waals surface area contributed by atoms with Gasteiger partial charge in [-0.25, -0.2) is 0 Å². The molecule has 0 aliphatic carbocycles. The largest absolute Gasteiger partial charge is 0.495 e. The Kier molecular flexibility index (Phi) is 5.95. The molecule has 90 valence electrons. The molecule has 0 atom stereocenters. The van der Waals surface area contributed by atoms with Crippen molar-refractivity contribution in [3.05, 3.63) is 21.3 Å². The standard InChI is InChI=1S/C13H19IO2/c1-4-5-6-7-10-8-11(15-2)13(14)12(9-10)16-3/h8-9H,4-7H2,1-3H3. The molecule has 0 fully saturated rings. The number of aryl methyl sites for hydroxylation is 1. The molecular formula is C13H19IO2. The SMILES string of the molecule is CCCCCc1cc(OC)c(I)c(OC)c1. The van der Waals surface area contributed by atoms with Gasteiger partial charge in [-0.1, -0.05) is 19.8 Å². The van der Waals surface area contributed by atoms with Crippen molar-refractivity contribution in [1.29, 1.82) is 0 Å². The van der Waals surface area contributed by atoms with E-state index < -0.39 is 0 Å². The van der Waals surface area contributed by atoms with Gasteiger partial charge in [-0.05, 0) is 53.1 Å². The highest BCUT2D eigenvalue weighted by Gasteiger charge is 2.09. The van der Waals surface area contributed by atoms with E-state index in [0.717, 1.165) is 21.5 Å². The molecule has 1 aromatic rings. The van der Waals surface area contributed by atoms with Gasteiger partial charge in [0.2, 0.25) is 0 Å². The Hall–Kier alpha value is -0.450. The van der Waals surface area contributed by atoms with Crippen molar-refractivity contribution in [1.82, 2.24) is 0 Å². The predicted molar refractivity (Wildman–Crippen MR) is 75.5 cm³/mol. The first-order chi connectivity index (χ1) is 7.72. The van der Waals surface area contributed by atoms with Gasteiger partial charge >= 0.3 is 0 Å². The van der Waals surface area contributed by atoms with E-state index in [0.29, 0.717) is 0 Å². The monoisotopic (exact) mass is 334 g/mol. The average molecular weight is 334 g/mol. The summed E-state index contributed by atoms with van der Waals surface area (Å²) >= 11 is 2.25. The van der Waals surface area contributed by atoms with Crippen molar-refractivity contribution in [3.63, 3.8) is 0 Å². The molecule has 0 bridgehead atoms. The van der Waals surface area contributed by atoms with Crippen LogP contribution in [0.5, 0.6) is 11.5 Å². The second-order valence-electron chi connectivity index (χ2n) is 3.77. The summed E-state index contributed by atoms with van der Waals surface area (Å²) in [6.07, 6.45) is 4.84. The fraction of sp³-hybridized carbons (Fsp3) is 0.538. The number of rotatable bonds is 6. The van der Waals surface area contributed by atoms with Gasteiger partial charge in [0.05, 0.1) is 17.8 Å². The summed E-state index contributed by atoms with van der Waals surface area (Å²) in [6, 6.07) is 4.22. The van der Waals surface area contributed by atoms with Crippen LogP contribution >= 0.6 is 22.6 Å². The zero-order valence-corrected chi connectivity index (χ0v) is 12.3. The predicted octanol–water partition coefficient (Wildman–Crippen LogP) is 4.04. The molecule has 0 N–H and O–H groups in total. The van der Waals surface area contributed by atoms with E-state index in [1.807, 2.05) is 0 Å². The van der Waals surface area contributed by atoms with Crippen LogP contribution in [0.4, 0.5) is 0 Å². The van der Waals surface area contributed by atoms with Crippen molar-refractivity contribution in [2.24, 2.45) is 0 Å². The third-order valence-electron chi connectivity index (χ3n) is 2.57. The number of benzene rings is 1. The van der Waals surface area contributed by atoms with E-state index in [1.165, 1.54) is 24.8 Å². The molecule has 3 heteroatoms. The summed E-state index contributed by atoms with van der Waals surface area (Å²) in [4.78, 5) is 0. The van der Waals surface area contributed by atoms with Crippen molar-refractivity contribution in [2.75, 3.05) is 14.2 Å². The van der Waals surface area contributed by atoms with E-state index in [-0.39, 0.29) is 0 Å². The summed E-state index contributed by atoms with van der Waals surface area (Å²) in [7, 11) is 3.40. The zero-order chi connectivity index (χ0) is 12.0. The third-order valence-corrected chi connectivity index (χ3v) is 3.64. The first-order valence-electron chi connectivity index (χ1n) is 5.63. The fourth-order valence-corrected chi connectivity index (χ4v) is 2.40. The molecule has 0 aliphatic rings. The summed E-state index contributed by atoms with van der Waals surface area (Å²) < 4.78 is 11.7. The van der Waals surface area contributed by atoms with Crippen LogP contribution in [0.25, 0.3) is 0 Å². The van der Waals surface area contributed by atoms with Crippen LogP contribution in [-0.2, 0) is 6.42 Å². The van der Waals surface area contributed by atoms with Gasteiger partial charge in [0.1, 0.15) is 11.5 Å². The Labute approximate surface area is 111 Å². The summed E-state index contributed by atoms with van der Waals surface area (Å²) in [6.45, 7) is 2.22. The van der Waals surface area contributed by atoms with Crippen LogP contribution in [0.3, 0.4) is 0 Å². The van der Waals surface area contributed by atoms with Crippen molar-refractivity contribution < 1.29 is 9.47 Å². The van der Waals surface area contributed by atoms with Gasteiger partial charge in [0, 0.05) is 0 Å². The molecule has 2 nitrogen and oxygen atoms in total. The lowest BCUT2D eigenvalue weighted by atomic mass is 10.1. The van der Waals surface area contributed by atoms with Gasteiger partial charge in [-0.15, -0.1) is 0 Å². The number of unbranched alkanes of at least 4 members (excludes halogenated alkanes) is 2. The molecule has 0 spiro atoms. The average Bonchev–Trinajstić information content (AvgIpc) is 2.31. The highest BCUT2D eigenvalue weighted by molar-refractivity contribution is 14.1. The fourth-order valence-electron chi connectivity index (χ4n) is 1.65. The number of ether oxygens (including phenoxy) is 2. The molecule has 0 saturated carbocycles. The second kappa shape index (κ2) is 6.99. The Balaban J connectivity index is 2.84. The van der Waals surface area contributed by atoms with Crippen LogP contribution < -0.4 is 9.47 Å². The Morgan fingerprint density at radius 3 is 2.06 bits per heavy atom. The van der Waals surface area contributed by atoms with E-state index in [2.05, 4.69) is 41.6 Å². The molecule has 0 saturated heterocycles. The maximum atomic E-state index is 5.35. The second-order valence-corrected chi connectivity index (χ2v) is 4.85. The van der Waals surface area contributed by atoms with Crippen molar-refractivity contribution >= 4 is 22.6 Å². The molecule has 0 aromatic heterocycles. The van der Waals surface area contributed by atoms with Crippen LogP contribution in [0, 0.1) is 3.57 Å². The number of methoxy groups -OCH3 is 2. The number of halogens is 1. The quantitative estimate of drug-likeness (QED) is 0.577. The van der Waals surface area contributed by atoms with Gasteiger partial charge in [-0.3, -0.25) is 0 Å². The number of hydrogen-bond acceptors (Lipinski definition) is 2. The van der Waals surface area contributed by atoms with Gasteiger partial charge in [-0.2, -0.15) is 0 Å². The Morgan fingerprint density at radius 1 is 1.06 bits per heavy atom. The lowest BCUT2D eigenvalue weighted by molar-refractivity contribution is 0.388. The molecule has 1 aromatic carbocycles. The van der Waals surface area contributed by atoms with Crippen molar-refractivity contribution in [3.8, 4) is 11.5 Å². The van der Waals surface area contributed by atoms with E-state index in [4.69, 9.17) is 9.47 Å². The lowest BCUT2D eigenvalue weighted by Gasteiger charge is -2.11. The summed E-state index contributed by atoms with van der Waals surface area (Å²) in [5.41, 5.74) is 1.29. The van der Waals surface area contributed by atoms with Gasteiger partial charge < -0.3 is 9.47 Å². The van der Waals surface area contributed by atoms with Crippen LogP contribution in [0.1, 0.15) is 31.7 Å². The molecular weight excluding hydrogens is 315 g/mol. The highest BCUT2D eigenvalue weighted by atomic mass is 127. The first kappa shape index (κ1) is 13.6. The Bertz CT molecular complexity index is 312. The normalized spacial score (nSPS) is 10.2. The topological polar surface area (TPSA) is 18.5 Å².